The van der Waals surface area contributed by atoms with Crippen LogP contribution in [0.3, 0.4) is 0 Å². The van der Waals surface area contributed by atoms with Crippen LogP contribution in [0.25, 0.3) is 0 Å². The summed E-state index contributed by atoms with van der Waals surface area (Å²) in [4.78, 5) is 0. The molecule has 1 fully saturated rings. The zero-order chi connectivity index (χ0) is 16.7. The summed E-state index contributed by atoms with van der Waals surface area (Å²) in [7, 11) is 0. The maximum Gasteiger partial charge on any atom is 0.389 e. The standard InChI is InChI=1S/C19H27F3O/c1-2-3-14-23-18-10-8-17(9-11-18)16-6-4-15(5-7-16)12-13-19(20,21)22/h4-7,17-18H,2-3,8-14H2,1H3. The van der Waals surface area contributed by atoms with Gasteiger partial charge in [-0.15, -0.1) is 0 Å². The van der Waals surface area contributed by atoms with Gasteiger partial charge in [0.2, 0.25) is 0 Å². The molecule has 130 valence electrons. The average Bonchev–Trinajstić information content (AvgIpc) is 2.54. The highest BCUT2D eigenvalue weighted by Crippen LogP contribution is 2.34. The number of benzene rings is 1. The maximum absolute atomic E-state index is 12.2. The molecule has 0 amide bonds. The molecule has 1 aliphatic rings. The molecule has 0 saturated heterocycles. The molecule has 1 aromatic rings. The molecule has 4 heteroatoms. The van der Waals surface area contributed by atoms with E-state index in [1.807, 2.05) is 24.3 Å². The maximum atomic E-state index is 12.2. The minimum atomic E-state index is -4.07. The van der Waals surface area contributed by atoms with Gasteiger partial charge in [-0.2, -0.15) is 13.2 Å². The van der Waals surface area contributed by atoms with Crippen molar-refractivity contribution in [3.05, 3.63) is 35.4 Å². The first-order valence-corrected chi connectivity index (χ1v) is 8.75. The Bertz CT molecular complexity index is 445. The monoisotopic (exact) mass is 328 g/mol. The lowest BCUT2D eigenvalue weighted by atomic mass is 9.82. The van der Waals surface area contributed by atoms with Crippen molar-refractivity contribution in [2.24, 2.45) is 0 Å². The van der Waals surface area contributed by atoms with Gasteiger partial charge < -0.3 is 4.74 Å². The fourth-order valence-corrected chi connectivity index (χ4v) is 3.20. The summed E-state index contributed by atoms with van der Waals surface area (Å²) >= 11 is 0. The van der Waals surface area contributed by atoms with Crippen LogP contribution in [0.1, 0.15) is 68.9 Å². The van der Waals surface area contributed by atoms with Crippen molar-refractivity contribution < 1.29 is 17.9 Å². The molecule has 0 atom stereocenters. The van der Waals surface area contributed by atoms with Crippen LogP contribution < -0.4 is 0 Å². The summed E-state index contributed by atoms with van der Waals surface area (Å²) in [5.74, 6) is 0.526. The Hall–Kier alpha value is -1.03. The summed E-state index contributed by atoms with van der Waals surface area (Å²) in [5, 5.41) is 0. The van der Waals surface area contributed by atoms with Gasteiger partial charge in [-0.05, 0) is 55.6 Å². The number of hydrogen-bond acceptors (Lipinski definition) is 1. The highest BCUT2D eigenvalue weighted by molar-refractivity contribution is 5.26. The largest absolute Gasteiger partial charge is 0.389 e. The van der Waals surface area contributed by atoms with Crippen molar-refractivity contribution in [1.29, 1.82) is 0 Å². The Labute approximate surface area is 137 Å². The number of unbranched alkanes of at least 4 members (excludes halogenated alkanes) is 1. The minimum Gasteiger partial charge on any atom is -0.378 e. The van der Waals surface area contributed by atoms with Gasteiger partial charge in [-0.25, -0.2) is 0 Å². The molecule has 0 spiro atoms. The molecular weight excluding hydrogens is 301 g/mol. The third-order valence-electron chi connectivity index (χ3n) is 4.67. The molecule has 23 heavy (non-hydrogen) atoms. The summed E-state index contributed by atoms with van der Waals surface area (Å²) in [6.07, 6.45) is 2.33. The van der Waals surface area contributed by atoms with Gasteiger partial charge in [0.15, 0.2) is 0 Å². The molecule has 0 heterocycles. The lowest BCUT2D eigenvalue weighted by Gasteiger charge is -2.29. The molecule has 0 aliphatic heterocycles. The van der Waals surface area contributed by atoms with E-state index in [0.717, 1.165) is 50.7 Å². The zero-order valence-corrected chi connectivity index (χ0v) is 13.9. The smallest absolute Gasteiger partial charge is 0.378 e. The van der Waals surface area contributed by atoms with Gasteiger partial charge in [0.25, 0.3) is 0 Å². The zero-order valence-electron chi connectivity index (χ0n) is 13.9. The molecule has 0 radical (unpaired) electrons. The second-order valence-corrected chi connectivity index (χ2v) is 6.55. The van der Waals surface area contributed by atoms with Gasteiger partial charge in [0.05, 0.1) is 6.10 Å². The fraction of sp³-hybridized carbons (Fsp3) is 0.684. The lowest BCUT2D eigenvalue weighted by molar-refractivity contribution is -0.133. The Morgan fingerprint density at radius 3 is 2.26 bits per heavy atom. The summed E-state index contributed by atoms with van der Waals surface area (Å²) in [6, 6.07) is 7.72. The molecule has 0 aromatic heterocycles. The Balaban J connectivity index is 1.77. The topological polar surface area (TPSA) is 9.23 Å². The van der Waals surface area contributed by atoms with Gasteiger partial charge >= 0.3 is 6.18 Å². The molecular formula is C19H27F3O. The molecule has 0 N–H and O–H groups in total. The van der Waals surface area contributed by atoms with Crippen molar-refractivity contribution in [3.63, 3.8) is 0 Å². The molecule has 1 nitrogen and oxygen atoms in total. The van der Waals surface area contributed by atoms with Crippen molar-refractivity contribution in [3.8, 4) is 0 Å². The van der Waals surface area contributed by atoms with Gasteiger partial charge in [0, 0.05) is 13.0 Å². The average molecular weight is 328 g/mol. The van der Waals surface area contributed by atoms with E-state index in [1.165, 1.54) is 5.56 Å². The van der Waals surface area contributed by atoms with E-state index in [2.05, 4.69) is 6.92 Å². The molecule has 0 bridgehead atoms. The number of halogens is 3. The van der Waals surface area contributed by atoms with Crippen LogP contribution in [-0.4, -0.2) is 18.9 Å². The van der Waals surface area contributed by atoms with E-state index in [0.29, 0.717) is 12.0 Å². The van der Waals surface area contributed by atoms with Crippen LogP contribution in [0, 0.1) is 0 Å². The van der Waals surface area contributed by atoms with Crippen molar-refractivity contribution in [2.45, 2.75) is 76.5 Å². The van der Waals surface area contributed by atoms with E-state index in [9.17, 15) is 13.2 Å². The Morgan fingerprint density at radius 2 is 1.70 bits per heavy atom. The minimum absolute atomic E-state index is 0.0712. The summed E-state index contributed by atoms with van der Waals surface area (Å²) in [5.41, 5.74) is 2.02. The predicted molar refractivity (Wildman–Crippen MR) is 86.7 cm³/mol. The van der Waals surface area contributed by atoms with E-state index in [-0.39, 0.29) is 6.42 Å². The van der Waals surface area contributed by atoms with Crippen LogP contribution in [-0.2, 0) is 11.2 Å². The van der Waals surface area contributed by atoms with E-state index in [4.69, 9.17) is 4.74 Å². The fourth-order valence-electron chi connectivity index (χ4n) is 3.20. The summed E-state index contributed by atoms with van der Waals surface area (Å²) in [6.45, 7) is 3.03. The van der Waals surface area contributed by atoms with Gasteiger partial charge in [0.1, 0.15) is 0 Å². The number of hydrogen-bond donors (Lipinski definition) is 0. The predicted octanol–water partition coefficient (Wildman–Crippen LogP) is 6.02. The first kappa shape index (κ1) is 18.3. The van der Waals surface area contributed by atoms with Crippen molar-refractivity contribution in [2.75, 3.05) is 6.61 Å². The SMILES string of the molecule is CCCCOC1CCC(c2ccc(CCC(F)(F)F)cc2)CC1. The van der Waals surface area contributed by atoms with Crippen LogP contribution in [0.4, 0.5) is 13.2 Å². The number of ether oxygens (including phenoxy) is 1. The van der Waals surface area contributed by atoms with Crippen molar-refractivity contribution >= 4 is 0 Å². The van der Waals surface area contributed by atoms with Gasteiger partial charge in [-0.3, -0.25) is 0 Å². The van der Waals surface area contributed by atoms with Crippen LogP contribution >= 0.6 is 0 Å². The van der Waals surface area contributed by atoms with E-state index >= 15 is 0 Å². The first-order chi connectivity index (χ1) is 11.0. The molecule has 1 aromatic carbocycles. The second kappa shape index (κ2) is 8.72. The summed E-state index contributed by atoms with van der Waals surface area (Å²) < 4.78 is 42.6. The van der Waals surface area contributed by atoms with Crippen LogP contribution in [0.15, 0.2) is 24.3 Å². The molecule has 2 rings (SSSR count). The third-order valence-corrected chi connectivity index (χ3v) is 4.67. The van der Waals surface area contributed by atoms with Gasteiger partial charge in [-0.1, -0.05) is 37.6 Å². The molecule has 1 aliphatic carbocycles. The normalized spacial score (nSPS) is 22.3. The van der Waals surface area contributed by atoms with Crippen LogP contribution in [0.5, 0.6) is 0 Å². The molecule has 1 saturated carbocycles. The van der Waals surface area contributed by atoms with Crippen LogP contribution in [0.2, 0.25) is 0 Å². The Morgan fingerprint density at radius 1 is 1.04 bits per heavy atom. The third kappa shape index (κ3) is 6.54. The number of alkyl halides is 3. The van der Waals surface area contributed by atoms with Crippen molar-refractivity contribution in [1.82, 2.24) is 0 Å². The number of aryl methyl sites for hydroxylation is 1. The highest BCUT2D eigenvalue weighted by atomic mass is 19.4. The van der Waals surface area contributed by atoms with E-state index in [1.54, 1.807) is 0 Å². The quantitative estimate of drug-likeness (QED) is 0.556. The van der Waals surface area contributed by atoms with E-state index < -0.39 is 12.6 Å². The lowest BCUT2D eigenvalue weighted by Crippen LogP contribution is -2.21. The molecule has 0 unspecified atom stereocenters. The number of rotatable bonds is 7. The first-order valence-electron chi connectivity index (χ1n) is 8.75. The Kier molecular flexibility index (Phi) is 6.94. The highest BCUT2D eigenvalue weighted by Gasteiger charge is 2.26. The second-order valence-electron chi connectivity index (χ2n) is 6.55.